The number of carbonyl (C=O) groups is 1. The van der Waals surface area contributed by atoms with Gasteiger partial charge in [0, 0.05) is 5.69 Å². The second-order valence-electron chi connectivity index (χ2n) is 5.60. The van der Waals surface area contributed by atoms with E-state index >= 15 is 0 Å². The maximum atomic E-state index is 13.4. The van der Waals surface area contributed by atoms with Crippen LogP contribution in [-0.4, -0.2) is 37.7 Å². The molecule has 0 saturated carbocycles. The van der Waals surface area contributed by atoms with Crippen molar-refractivity contribution in [2.24, 2.45) is 0 Å². The maximum absolute atomic E-state index is 13.4. The summed E-state index contributed by atoms with van der Waals surface area (Å²) >= 11 is 0. The first-order valence-electron chi connectivity index (χ1n) is 6.99. The molecule has 1 fully saturated rings. The average Bonchev–Trinajstić information content (AvgIpc) is 2.32. The summed E-state index contributed by atoms with van der Waals surface area (Å²) in [4.78, 5) is 13.2. The quantitative estimate of drug-likeness (QED) is 0.859. The molecule has 1 aromatic carbocycles. The smallest absolute Gasteiger partial charge is 0.279 e. The molecule has 1 aliphatic rings. The van der Waals surface area contributed by atoms with Gasteiger partial charge in [-0.2, -0.15) is 0 Å². The number of hydrogen-bond acceptors (Lipinski definition) is 2. The molecule has 2 rings (SSSR count). The van der Waals surface area contributed by atoms with Crippen LogP contribution in [0.5, 0.6) is 0 Å². The molecule has 5 heteroatoms. The lowest BCUT2D eigenvalue weighted by molar-refractivity contribution is -0.907. The Balaban J connectivity index is 1.90. The van der Waals surface area contributed by atoms with E-state index in [0.29, 0.717) is 17.8 Å². The average molecular weight is 281 g/mol. The number of ether oxygens (including phenoxy) is 1. The monoisotopic (exact) mass is 281 g/mol. The third-order valence-corrected chi connectivity index (χ3v) is 3.48. The van der Waals surface area contributed by atoms with Gasteiger partial charge in [0.25, 0.3) is 5.91 Å². The lowest BCUT2D eigenvalue weighted by Gasteiger charge is -2.31. The molecule has 1 saturated heterocycles. The van der Waals surface area contributed by atoms with Crippen molar-refractivity contribution >= 4 is 11.6 Å². The van der Waals surface area contributed by atoms with Crippen LogP contribution in [-0.2, 0) is 9.53 Å². The summed E-state index contributed by atoms with van der Waals surface area (Å²) < 4.78 is 19.1. The molecule has 4 nitrogen and oxygen atoms in total. The lowest BCUT2D eigenvalue weighted by Crippen LogP contribution is -3.16. The fourth-order valence-corrected chi connectivity index (χ4v) is 2.64. The Hall–Kier alpha value is -1.46. The molecule has 1 heterocycles. The van der Waals surface area contributed by atoms with E-state index in [0.717, 1.165) is 13.1 Å². The predicted octanol–water partition coefficient (Wildman–Crippen LogP) is 0.765. The number of quaternary nitrogens is 1. The van der Waals surface area contributed by atoms with Crippen molar-refractivity contribution in [1.82, 2.24) is 0 Å². The highest BCUT2D eigenvalue weighted by Crippen LogP contribution is 2.13. The van der Waals surface area contributed by atoms with Crippen LogP contribution in [0.2, 0.25) is 0 Å². The number of anilines is 1. The van der Waals surface area contributed by atoms with Crippen LogP contribution in [0.1, 0.15) is 19.4 Å². The van der Waals surface area contributed by atoms with Gasteiger partial charge in [0.1, 0.15) is 31.1 Å². The Kier molecular flexibility index (Phi) is 4.73. The minimum atomic E-state index is -0.302. The van der Waals surface area contributed by atoms with E-state index in [1.165, 1.54) is 11.0 Å². The first kappa shape index (κ1) is 14.9. The fraction of sp³-hybridized carbons (Fsp3) is 0.533. The third-order valence-electron chi connectivity index (χ3n) is 3.48. The highest BCUT2D eigenvalue weighted by molar-refractivity contribution is 5.91. The zero-order valence-electron chi connectivity index (χ0n) is 12.2. The largest absolute Gasteiger partial charge is 0.364 e. The molecule has 1 amide bonds. The predicted molar refractivity (Wildman–Crippen MR) is 75.3 cm³/mol. The summed E-state index contributed by atoms with van der Waals surface area (Å²) in [5, 5.41) is 2.75. The van der Waals surface area contributed by atoms with Gasteiger partial charge in [-0.25, -0.2) is 4.39 Å². The van der Waals surface area contributed by atoms with Crippen LogP contribution in [0.3, 0.4) is 0 Å². The van der Waals surface area contributed by atoms with Crippen molar-refractivity contribution in [1.29, 1.82) is 0 Å². The first-order valence-corrected chi connectivity index (χ1v) is 6.99. The number of hydrogen-bond donors (Lipinski definition) is 2. The van der Waals surface area contributed by atoms with E-state index in [4.69, 9.17) is 4.74 Å². The molecular weight excluding hydrogens is 259 g/mol. The van der Waals surface area contributed by atoms with Gasteiger partial charge in [-0.15, -0.1) is 0 Å². The number of rotatable bonds is 3. The van der Waals surface area contributed by atoms with Crippen LogP contribution in [0.25, 0.3) is 0 Å². The van der Waals surface area contributed by atoms with E-state index in [2.05, 4.69) is 5.32 Å². The van der Waals surface area contributed by atoms with E-state index in [1.807, 2.05) is 13.8 Å². The van der Waals surface area contributed by atoms with E-state index in [-0.39, 0.29) is 23.9 Å². The standard InChI is InChI=1S/C15H21FN2O2/c1-10-4-5-13(6-14(10)16)17-15(19)9-18-7-11(2)20-12(3)8-18/h4-6,11-12H,7-9H2,1-3H3,(H,17,19)/p+1/t11-,12+. The molecule has 2 N–H and O–H groups in total. The van der Waals surface area contributed by atoms with Crippen LogP contribution in [0.15, 0.2) is 18.2 Å². The van der Waals surface area contributed by atoms with Gasteiger partial charge in [-0.1, -0.05) is 6.07 Å². The Bertz CT molecular complexity index is 483. The highest BCUT2D eigenvalue weighted by atomic mass is 19.1. The van der Waals surface area contributed by atoms with E-state index < -0.39 is 0 Å². The summed E-state index contributed by atoms with van der Waals surface area (Å²) in [7, 11) is 0. The highest BCUT2D eigenvalue weighted by Gasteiger charge is 2.27. The molecule has 0 bridgehead atoms. The van der Waals surface area contributed by atoms with Crippen molar-refractivity contribution in [3.8, 4) is 0 Å². The number of amides is 1. The van der Waals surface area contributed by atoms with Crippen molar-refractivity contribution in [3.05, 3.63) is 29.6 Å². The topological polar surface area (TPSA) is 42.8 Å². The normalized spacial score (nSPS) is 26.3. The van der Waals surface area contributed by atoms with Gasteiger partial charge in [-0.3, -0.25) is 4.79 Å². The minimum Gasteiger partial charge on any atom is -0.364 e. The Morgan fingerprint density at radius 2 is 2.05 bits per heavy atom. The van der Waals surface area contributed by atoms with Crippen molar-refractivity contribution in [2.45, 2.75) is 33.0 Å². The third kappa shape index (κ3) is 4.02. The molecule has 0 aromatic heterocycles. The molecule has 0 radical (unpaired) electrons. The Morgan fingerprint density at radius 3 is 2.65 bits per heavy atom. The van der Waals surface area contributed by atoms with Crippen molar-refractivity contribution in [3.63, 3.8) is 0 Å². The zero-order valence-corrected chi connectivity index (χ0v) is 12.2. The molecule has 20 heavy (non-hydrogen) atoms. The summed E-state index contributed by atoms with van der Waals surface area (Å²) in [5.74, 6) is -0.395. The van der Waals surface area contributed by atoms with Crippen molar-refractivity contribution < 1.29 is 18.8 Å². The molecule has 3 atom stereocenters. The number of halogens is 1. The summed E-state index contributed by atoms with van der Waals surface area (Å²) in [6.07, 6.45) is 0.330. The molecule has 1 unspecified atom stereocenters. The first-order chi connectivity index (χ1) is 9.44. The van der Waals surface area contributed by atoms with Gasteiger partial charge in [0.2, 0.25) is 0 Å². The van der Waals surface area contributed by atoms with E-state index in [9.17, 15) is 9.18 Å². The number of morpholine rings is 1. The van der Waals surface area contributed by atoms with Gasteiger partial charge in [-0.05, 0) is 38.5 Å². The molecule has 1 aliphatic heterocycles. The van der Waals surface area contributed by atoms with Crippen LogP contribution < -0.4 is 10.2 Å². The molecular formula is C15H22FN2O2+. The minimum absolute atomic E-state index is 0.0930. The van der Waals surface area contributed by atoms with Crippen LogP contribution >= 0.6 is 0 Å². The second-order valence-corrected chi connectivity index (χ2v) is 5.60. The Labute approximate surface area is 118 Å². The number of benzene rings is 1. The lowest BCUT2D eigenvalue weighted by atomic mass is 10.2. The van der Waals surface area contributed by atoms with Crippen LogP contribution in [0.4, 0.5) is 10.1 Å². The number of nitrogens with one attached hydrogen (secondary N) is 2. The van der Waals surface area contributed by atoms with Crippen LogP contribution in [0, 0.1) is 12.7 Å². The summed E-state index contributed by atoms with van der Waals surface area (Å²) in [6, 6.07) is 4.74. The molecule has 110 valence electrons. The SMILES string of the molecule is Cc1ccc(NC(=O)C[NH+]2C[C@@H](C)O[C@@H](C)C2)cc1F. The fourth-order valence-electron chi connectivity index (χ4n) is 2.64. The number of aryl methyl sites for hydroxylation is 1. The van der Waals surface area contributed by atoms with Crippen molar-refractivity contribution in [2.75, 3.05) is 25.0 Å². The molecule has 0 aliphatic carbocycles. The van der Waals surface area contributed by atoms with Gasteiger partial charge in [0.15, 0.2) is 6.54 Å². The molecule has 1 aromatic rings. The number of carbonyl (C=O) groups excluding carboxylic acids is 1. The van der Waals surface area contributed by atoms with E-state index in [1.54, 1.807) is 19.1 Å². The Morgan fingerprint density at radius 1 is 1.40 bits per heavy atom. The maximum Gasteiger partial charge on any atom is 0.279 e. The van der Waals surface area contributed by atoms with Gasteiger partial charge >= 0.3 is 0 Å². The molecule has 0 spiro atoms. The zero-order chi connectivity index (χ0) is 14.7. The summed E-state index contributed by atoms with van der Waals surface area (Å²) in [6.45, 7) is 7.75. The summed E-state index contributed by atoms with van der Waals surface area (Å²) in [5.41, 5.74) is 1.08. The second kappa shape index (κ2) is 6.33. The van der Waals surface area contributed by atoms with Gasteiger partial charge in [0.05, 0.1) is 0 Å². The van der Waals surface area contributed by atoms with Gasteiger partial charge < -0.3 is 15.0 Å².